The number of piperidine rings is 1. The summed E-state index contributed by atoms with van der Waals surface area (Å²) < 4.78 is 0. The van der Waals surface area contributed by atoms with Crippen LogP contribution in [0.3, 0.4) is 0 Å². The van der Waals surface area contributed by atoms with Crippen molar-refractivity contribution in [2.75, 3.05) is 19.6 Å². The van der Waals surface area contributed by atoms with Gasteiger partial charge in [-0.2, -0.15) is 0 Å². The molecule has 1 heterocycles. The van der Waals surface area contributed by atoms with Crippen molar-refractivity contribution in [1.82, 2.24) is 10.2 Å². The molecule has 1 aliphatic carbocycles. The molecule has 0 aromatic heterocycles. The number of hydrogen-bond donors (Lipinski definition) is 2. The molecule has 0 radical (unpaired) electrons. The molecule has 2 amide bonds. The Hall–Kier alpha value is -1.10. The number of amides is 2. The van der Waals surface area contributed by atoms with Crippen LogP contribution in [0.4, 0.5) is 0 Å². The van der Waals surface area contributed by atoms with Crippen molar-refractivity contribution in [2.45, 2.75) is 57.4 Å². The number of nitrogens with one attached hydrogen (secondary N) is 1. The molecule has 3 N–H and O–H groups in total. The molecule has 0 spiro atoms. The van der Waals surface area contributed by atoms with E-state index >= 15 is 0 Å². The van der Waals surface area contributed by atoms with Gasteiger partial charge in [0, 0.05) is 38.5 Å². The van der Waals surface area contributed by atoms with Crippen LogP contribution in [0.15, 0.2) is 0 Å². The first-order valence-electron chi connectivity index (χ1n) is 7.97. The molecule has 1 saturated heterocycles. The van der Waals surface area contributed by atoms with E-state index in [1.807, 2.05) is 4.90 Å². The normalized spacial score (nSPS) is 26.6. The molecule has 114 valence electrons. The van der Waals surface area contributed by atoms with Gasteiger partial charge in [-0.05, 0) is 38.0 Å². The van der Waals surface area contributed by atoms with E-state index in [0.717, 1.165) is 45.2 Å². The Morgan fingerprint density at radius 2 is 1.85 bits per heavy atom. The van der Waals surface area contributed by atoms with Crippen LogP contribution < -0.4 is 11.1 Å². The first-order valence-corrected chi connectivity index (χ1v) is 7.97. The predicted octanol–water partition coefficient (Wildman–Crippen LogP) is 1.02. The number of carbonyl (C=O) groups excluding carboxylic acids is 2. The number of rotatable bonds is 5. The maximum atomic E-state index is 11.9. The third-order valence-corrected chi connectivity index (χ3v) is 4.54. The summed E-state index contributed by atoms with van der Waals surface area (Å²) >= 11 is 0. The molecule has 2 aliphatic rings. The van der Waals surface area contributed by atoms with E-state index in [-0.39, 0.29) is 17.9 Å². The van der Waals surface area contributed by atoms with Crippen molar-refractivity contribution in [3.8, 4) is 0 Å². The summed E-state index contributed by atoms with van der Waals surface area (Å²) in [5, 5.41) is 2.86. The summed E-state index contributed by atoms with van der Waals surface area (Å²) in [6.45, 7) is 2.21. The Kier molecular flexibility index (Phi) is 5.83. The topological polar surface area (TPSA) is 75.4 Å². The second kappa shape index (κ2) is 7.62. The molecule has 5 nitrogen and oxygen atoms in total. The molecule has 0 unspecified atom stereocenters. The second-order valence-corrected chi connectivity index (χ2v) is 6.10. The van der Waals surface area contributed by atoms with Gasteiger partial charge in [0.15, 0.2) is 0 Å². The van der Waals surface area contributed by atoms with Crippen molar-refractivity contribution in [2.24, 2.45) is 11.7 Å². The van der Waals surface area contributed by atoms with Crippen LogP contribution >= 0.6 is 0 Å². The Morgan fingerprint density at radius 3 is 2.50 bits per heavy atom. The van der Waals surface area contributed by atoms with Crippen molar-refractivity contribution in [1.29, 1.82) is 0 Å². The number of hydrogen-bond acceptors (Lipinski definition) is 3. The van der Waals surface area contributed by atoms with Crippen LogP contribution in [0.1, 0.15) is 51.4 Å². The van der Waals surface area contributed by atoms with Crippen LogP contribution in [0.25, 0.3) is 0 Å². The zero-order valence-corrected chi connectivity index (χ0v) is 12.3. The van der Waals surface area contributed by atoms with Gasteiger partial charge in [-0.15, -0.1) is 0 Å². The van der Waals surface area contributed by atoms with Gasteiger partial charge in [0.2, 0.25) is 11.8 Å². The quantitative estimate of drug-likeness (QED) is 0.790. The summed E-state index contributed by atoms with van der Waals surface area (Å²) in [5.74, 6) is 0.536. The average Bonchev–Trinajstić information content (AvgIpc) is 2.85. The van der Waals surface area contributed by atoms with E-state index in [1.54, 1.807) is 0 Å². The van der Waals surface area contributed by atoms with Gasteiger partial charge in [0.05, 0.1) is 0 Å². The molecule has 0 aromatic carbocycles. The standard InChI is InChI=1S/C15H27N3O2/c16-13-6-4-5-12(13)11-14(19)17-8-7-15(20)18-9-2-1-3-10-18/h12-13H,1-11,16H2,(H,17,19)/t12-,13+/m0/s1. The van der Waals surface area contributed by atoms with Gasteiger partial charge >= 0.3 is 0 Å². The fourth-order valence-corrected chi connectivity index (χ4v) is 3.24. The number of nitrogens with two attached hydrogens (primary N) is 1. The smallest absolute Gasteiger partial charge is 0.224 e. The van der Waals surface area contributed by atoms with E-state index < -0.39 is 0 Å². The van der Waals surface area contributed by atoms with E-state index in [0.29, 0.717) is 25.3 Å². The zero-order valence-electron chi connectivity index (χ0n) is 12.3. The lowest BCUT2D eigenvalue weighted by molar-refractivity contribution is -0.132. The van der Waals surface area contributed by atoms with Gasteiger partial charge in [-0.25, -0.2) is 0 Å². The van der Waals surface area contributed by atoms with Crippen LogP contribution in [-0.2, 0) is 9.59 Å². The highest BCUT2D eigenvalue weighted by Crippen LogP contribution is 2.26. The molecular formula is C15H27N3O2. The number of carbonyl (C=O) groups is 2. The lowest BCUT2D eigenvalue weighted by atomic mass is 10.00. The highest BCUT2D eigenvalue weighted by atomic mass is 16.2. The van der Waals surface area contributed by atoms with Crippen molar-refractivity contribution in [3.63, 3.8) is 0 Å². The lowest BCUT2D eigenvalue weighted by Crippen LogP contribution is -2.38. The van der Waals surface area contributed by atoms with Crippen molar-refractivity contribution in [3.05, 3.63) is 0 Å². The summed E-state index contributed by atoms with van der Waals surface area (Å²) in [6, 6.07) is 0.177. The van der Waals surface area contributed by atoms with E-state index in [2.05, 4.69) is 5.32 Å². The molecule has 1 aliphatic heterocycles. The molecule has 5 heteroatoms. The Labute approximate surface area is 121 Å². The second-order valence-electron chi connectivity index (χ2n) is 6.10. The van der Waals surface area contributed by atoms with E-state index in [9.17, 15) is 9.59 Å². The maximum absolute atomic E-state index is 11.9. The fourth-order valence-electron chi connectivity index (χ4n) is 3.24. The van der Waals surface area contributed by atoms with E-state index in [4.69, 9.17) is 5.73 Å². The zero-order chi connectivity index (χ0) is 14.4. The van der Waals surface area contributed by atoms with Gasteiger partial charge in [0.25, 0.3) is 0 Å². The molecule has 20 heavy (non-hydrogen) atoms. The van der Waals surface area contributed by atoms with Crippen LogP contribution in [0, 0.1) is 5.92 Å². The number of likely N-dealkylation sites (tertiary alicyclic amines) is 1. The van der Waals surface area contributed by atoms with Gasteiger partial charge in [-0.1, -0.05) is 6.42 Å². The minimum atomic E-state index is 0.0406. The van der Waals surface area contributed by atoms with E-state index in [1.165, 1.54) is 6.42 Å². The minimum Gasteiger partial charge on any atom is -0.356 e. The highest BCUT2D eigenvalue weighted by molar-refractivity contribution is 5.79. The largest absolute Gasteiger partial charge is 0.356 e. The van der Waals surface area contributed by atoms with Gasteiger partial charge < -0.3 is 16.0 Å². The van der Waals surface area contributed by atoms with Crippen molar-refractivity contribution < 1.29 is 9.59 Å². The molecule has 1 saturated carbocycles. The third kappa shape index (κ3) is 4.47. The van der Waals surface area contributed by atoms with Crippen LogP contribution in [0.5, 0.6) is 0 Å². The number of nitrogens with zero attached hydrogens (tertiary/aromatic N) is 1. The third-order valence-electron chi connectivity index (χ3n) is 4.54. The maximum Gasteiger partial charge on any atom is 0.224 e. The van der Waals surface area contributed by atoms with Crippen molar-refractivity contribution >= 4 is 11.8 Å². The molecule has 2 rings (SSSR count). The lowest BCUT2D eigenvalue weighted by Gasteiger charge is -2.26. The molecular weight excluding hydrogens is 254 g/mol. The average molecular weight is 281 g/mol. The summed E-state index contributed by atoms with van der Waals surface area (Å²) in [5.41, 5.74) is 5.96. The minimum absolute atomic E-state index is 0.0406. The van der Waals surface area contributed by atoms with Gasteiger partial charge in [-0.3, -0.25) is 9.59 Å². The van der Waals surface area contributed by atoms with Crippen LogP contribution in [-0.4, -0.2) is 42.4 Å². The monoisotopic (exact) mass is 281 g/mol. The molecule has 0 bridgehead atoms. The van der Waals surface area contributed by atoms with Crippen LogP contribution in [0.2, 0.25) is 0 Å². The SMILES string of the molecule is N[C@@H]1CCC[C@H]1CC(=O)NCCC(=O)N1CCCCC1. The molecule has 2 atom stereocenters. The highest BCUT2D eigenvalue weighted by Gasteiger charge is 2.26. The summed E-state index contributed by atoms with van der Waals surface area (Å²) in [6.07, 6.45) is 7.60. The molecule has 0 aromatic rings. The predicted molar refractivity (Wildman–Crippen MR) is 78.0 cm³/mol. The Bertz CT molecular complexity index is 340. The summed E-state index contributed by atoms with van der Waals surface area (Å²) in [4.78, 5) is 25.7. The Balaban J connectivity index is 1.60. The Morgan fingerprint density at radius 1 is 1.10 bits per heavy atom. The summed E-state index contributed by atoms with van der Waals surface area (Å²) in [7, 11) is 0. The fraction of sp³-hybridized carbons (Fsp3) is 0.867. The molecule has 2 fully saturated rings. The first-order chi connectivity index (χ1) is 9.66. The van der Waals surface area contributed by atoms with Gasteiger partial charge in [0.1, 0.15) is 0 Å². The first kappa shape index (κ1) is 15.3.